The molecule has 4 rings (SSSR count). The Hall–Kier alpha value is -2.65. The minimum absolute atomic E-state index is 0.0251. The van der Waals surface area contributed by atoms with E-state index >= 15 is 0 Å². The number of fused-ring (bicyclic) bond motifs is 1. The smallest absolute Gasteiger partial charge is 0.358 e. The first-order valence-corrected chi connectivity index (χ1v) is 7.28. The molecule has 24 heavy (non-hydrogen) atoms. The molecule has 1 N–H and O–H groups in total. The number of anilines is 1. The summed E-state index contributed by atoms with van der Waals surface area (Å²) in [5, 5.41) is 15.8. The molecule has 0 radical (unpaired) electrons. The molecule has 10 heteroatoms. The zero-order valence-electron chi connectivity index (χ0n) is 12.2. The van der Waals surface area contributed by atoms with E-state index in [1.54, 1.807) is 11.0 Å². The number of hydrogen-bond acceptors (Lipinski definition) is 5. The molecule has 0 spiro atoms. The zero-order chi connectivity index (χ0) is 17.1. The summed E-state index contributed by atoms with van der Waals surface area (Å²) in [6, 6.07) is 3.05. The standard InChI is InChI=1S/C14H12F3N5O2/c15-12-7(3-22-6-10(13(23)24)19-20-22)1-2-11(18-12)21-4-8-9(5-21)14(8,16)17/h1-2,6,8-9H,3-5H2,(H,23,24). The van der Waals surface area contributed by atoms with E-state index in [1.807, 2.05) is 0 Å². The molecule has 1 saturated carbocycles. The van der Waals surface area contributed by atoms with Gasteiger partial charge in [-0.3, -0.25) is 0 Å². The van der Waals surface area contributed by atoms with Crippen LogP contribution in [0.2, 0.25) is 0 Å². The SMILES string of the molecule is O=C(O)c1cn(Cc2ccc(N3CC4C(C3)C4(F)F)nc2F)nn1. The Morgan fingerprint density at radius 1 is 1.33 bits per heavy atom. The molecule has 0 aromatic carbocycles. The lowest BCUT2D eigenvalue weighted by Gasteiger charge is -2.21. The van der Waals surface area contributed by atoms with Crippen LogP contribution in [0.5, 0.6) is 0 Å². The van der Waals surface area contributed by atoms with E-state index in [1.165, 1.54) is 16.9 Å². The van der Waals surface area contributed by atoms with E-state index in [0.717, 1.165) is 0 Å². The number of halogens is 3. The van der Waals surface area contributed by atoms with Gasteiger partial charge in [0.25, 0.3) is 5.92 Å². The van der Waals surface area contributed by atoms with Gasteiger partial charge in [0.05, 0.1) is 24.6 Å². The summed E-state index contributed by atoms with van der Waals surface area (Å²) in [5.41, 5.74) is -0.0347. The molecule has 1 aliphatic carbocycles. The predicted octanol–water partition coefficient (Wildman–Crippen LogP) is 1.26. The van der Waals surface area contributed by atoms with Crippen molar-refractivity contribution in [2.75, 3.05) is 18.0 Å². The highest BCUT2D eigenvalue weighted by Crippen LogP contribution is 2.59. The molecule has 2 unspecified atom stereocenters. The quantitative estimate of drug-likeness (QED) is 0.845. The van der Waals surface area contributed by atoms with Crippen molar-refractivity contribution in [1.82, 2.24) is 20.0 Å². The Bertz CT molecular complexity index is 810. The van der Waals surface area contributed by atoms with E-state index < -0.39 is 29.7 Å². The fraction of sp³-hybridized carbons (Fsp3) is 0.429. The molecule has 3 heterocycles. The topological polar surface area (TPSA) is 84.1 Å². The zero-order valence-corrected chi connectivity index (χ0v) is 12.2. The number of alkyl halides is 2. The number of nitrogens with zero attached hydrogens (tertiary/aromatic N) is 5. The van der Waals surface area contributed by atoms with Crippen molar-refractivity contribution in [1.29, 1.82) is 0 Å². The fourth-order valence-electron chi connectivity index (χ4n) is 3.09. The average molecular weight is 339 g/mol. The Kier molecular flexibility index (Phi) is 3.06. The van der Waals surface area contributed by atoms with Crippen LogP contribution in [0, 0.1) is 17.8 Å². The molecule has 0 bridgehead atoms. The van der Waals surface area contributed by atoms with Gasteiger partial charge in [-0.25, -0.2) is 23.2 Å². The van der Waals surface area contributed by atoms with Crippen molar-refractivity contribution in [2.45, 2.75) is 12.5 Å². The van der Waals surface area contributed by atoms with Gasteiger partial charge in [0, 0.05) is 18.7 Å². The number of rotatable bonds is 4. The van der Waals surface area contributed by atoms with Crippen LogP contribution in [0.15, 0.2) is 18.3 Å². The van der Waals surface area contributed by atoms with Crippen LogP contribution in [0.4, 0.5) is 19.0 Å². The second-order valence-electron chi connectivity index (χ2n) is 6.02. The van der Waals surface area contributed by atoms with E-state index in [4.69, 9.17) is 5.11 Å². The first-order valence-electron chi connectivity index (χ1n) is 7.28. The molecule has 0 amide bonds. The summed E-state index contributed by atoms with van der Waals surface area (Å²) < 4.78 is 41.7. The number of carbonyl (C=O) groups is 1. The van der Waals surface area contributed by atoms with Crippen LogP contribution >= 0.6 is 0 Å². The molecule has 2 aromatic heterocycles. The van der Waals surface area contributed by atoms with Crippen LogP contribution in [0.1, 0.15) is 16.1 Å². The molecule has 7 nitrogen and oxygen atoms in total. The minimum atomic E-state index is -2.59. The molecule has 2 fully saturated rings. The highest BCUT2D eigenvalue weighted by molar-refractivity contribution is 5.84. The molecular weight excluding hydrogens is 327 g/mol. The number of carboxylic acid groups (broad SMARTS) is 1. The average Bonchev–Trinajstić information content (AvgIpc) is 3.00. The van der Waals surface area contributed by atoms with E-state index in [9.17, 15) is 18.0 Å². The molecule has 1 aliphatic heterocycles. The van der Waals surface area contributed by atoms with Gasteiger partial charge in [-0.1, -0.05) is 5.21 Å². The second kappa shape index (κ2) is 4.92. The largest absolute Gasteiger partial charge is 0.476 e. The summed E-state index contributed by atoms with van der Waals surface area (Å²) in [5.74, 6) is -5.56. The van der Waals surface area contributed by atoms with Crippen LogP contribution in [-0.2, 0) is 6.54 Å². The molecule has 2 atom stereocenters. The highest BCUT2D eigenvalue weighted by atomic mass is 19.3. The third-order valence-electron chi connectivity index (χ3n) is 4.52. The van der Waals surface area contributed by atoms with E-state index in [2.05, 4.69) is 15.3 Å². The normalized spacial score (nSPS) is 24.0. The molecule has 2 aromatic rings. The minimum Gasteiger partial charge on any atom is -0.476 e. The van der Waals surface area contributed by atoms with Crippen molar-refractivity contribution in [3.8, 4) is 0 Å². The Morgan fingerprint density at radius 2 is 2.04 bits per heavy atom. The van der Waals surface area contributed by atoms with Gasteiger partial charge >= 0.3 is 5.97 Å². The van der Waals surface area contributed by atoms with Gasteiger partial charge in [0.1, 0.15) is 5.82 Å². The summed E-state index contributed by atoms with van der Waals surface area (Å²) in [4.78, 5) is 16.2. The van der Waals surface area contributed by atoms with Crippen molar-refractivity contribution < 1.29 is 23.1 Å². The van der Waals surface area contributed by atoms with E-state index in [0.29, 0.717) is 5.82 Å². The molecular formula is C14H12F3N5O2. The van der Waals surface area contributed by atoms with Crippen molar-refractivity contribution >= 4 is 11.8 Å². The molecule has 126 valence electrons. The third kappa shape index (κ3) is 2.29. The Labute approximate surface area is 133 Å². The van der Waals surface area contributed by atoms with Crippen molar-refractivity contribution in [2.24, 2.45) is 11.8 Å². The summed E-state index contributed by atoms with van der Waals surface area (Å²) >= 11 is 0. The maximum Gasteiger partial charge on any atom is 0.358 e. The summed E-state index contributed by atoms with van der Waals surface area (Å²) in [6.45, 7) is 0.325. The predicted molar refractivity (Wildman–Crippen MR) is 74.4 cm³/mol. The first-order chi connectivity index (χ1) is 11.4. The summed E-state index contributed by atoms with van der Waals surface area (Å²) in [6.07, 6.45) is 1.19. The van der Waals surface area contributed by atoms with Crippen LogP contribution < -0.4 is 4.90 Å². The lowest BCUT2D eigenvalue weighted by Crippen LogP contribution is -2.28. The Balaban J connectivity index is 1.47. The lowest BCUT2D eigenvalue weighted by molar-refractivity contribution is 0.0689. The first kappa shape index (κ1) is 14.9. The van der Waals surface area contributed by atoms with Crippen LogP contribution in [-0.4, -0.2) is 50.1 Å². The van der Waals surface area contributed by atoms with Crippen molar-refractivity contribution in [3.05, 3.63) is 35.5 Å². The van der Waals surface area contributed by atoms with Gasteiger partial charge in [0.15, 0.2) is 5.69 Å². The Morgan fingerprint density at radius 3 is 2.62 bits per heavy atom. The van der Waals surface area contributed by atoms with Gasteiger partial charge in [0.2, 0.25) is 5.95 Å². The summed E-state index contributed by atoms with van der Waals surface area (Å²) in [7, 11) is 0. The van der Waals surface area contributed by atoms with Gasteiger partial charge in [-0.05, 0) is 12.1 Å². The van der Waals surface area contributed by atoms with E-state index in [-0.39, 0.29) is 30.9 Å². The fourth-order valence-corrected chi connectivity index (χ4v) is 3.09. The maximum atomic E-state index is 14.2. The molecule has 2 aliphatic rings. The van der Waals surface area contributed by atoms with Gasteiger partial charge < -0.3 is 10.0 Å². The number of carboxylic acids is 1. The van der Waals surface area contributed by atoms with Crippen LogP contribution in [0.3, 0.4) is 0 Å². The monoisotopic (exact) mass is 339 g/mol. The number of aromatic carboxylic acids is 1. The second-order valence-corrected chi connectivity index (χ2v) is 6.02. The van der Waals surface area contributed by atoms with Gasteiger partial charge in [-0.15, -0.1) is 5.10 Å². The lowest BCUT2D eigenvalue weighted by atomic mass is 10.2. The van der Waals surface area contributed by atoms with Crippen LogP contribution in [0.25, 0.3) is 0 Å². The van der Waals surface area contributed by atoms with Gasteiger partial charge in [-0.2, -0.15) is 4.39 Å². The van der Waals surface area contributed by atoms with Crippen molar-refractivity contribution in [3.63, 3.8) is 0 Å². The molecule has 1 saturated heterocycles. The number of hydrogen-bond donors (Lipinski definition) is 1. The third-order valence-corrected chi connectivity index (χ3v) is 4.52. The maximum absolute atomic E-state index is 14.2. The number of piperidine rings is 1. The number of pyridine rings is 1. The number of aromatic nitrogens is 4. The highest BCUT2D eigenvalue weighted by Gasteiger charge is 2.71.